The third-order valence-electron chi connectivity index (χ3n) is 3.49. The van der Waals surface area contributed by atoms with Gasteiger partial charge in [-0.3, -0.25) is 4.79 Å². The zero-order valence-corrected chi connectivity index (χ0v) is 12.1. The first-order valence-corrected chi connectivity index (χ1v) is 6.59. The van der Waals surface area contributed by atoms with Gasteiger partial charge in [0.2, 0.25) is 0 Å². The predicted molar refractivity (Wildman–Crippen MR) is 74.5 cm³/mol. The summed E-state index contributed by atoms with van der Waals surface area (Å²) in [5.74, 6) is -0.222. The quantitative estimate of drug-likeness (QED) is 0.886. The molecule has 0 bridgehead atoms. The Balaban J connectivity index is 2.37. The van der Waals surface area contributed by atoms with Crippen LogP contribution < -0.4 is 5.32 Å². The third-order valence-corrected chi connectivity index (χ3v) is 3.49. The number of aliphatic hydroxyl groups is 1. The van der Waals surface area contributed by atoms with Crippen LogP contribution in [0.25, 0.3) is 11.1 Å². The van der Waals surface area contributed by atoms with Gasteiger partial charge in [-0.05, 0) is 32.8 Å². The smallest absolute Gasteiger partial charge is 0.258 e. The van der Waals surface area contributed by atoms with Crippen molar-refractivity contribution < 1.29 is 14.4 Å². The second-order valence-electron chi connectivity index (χ2n) is 5.18. The van der Waals surface area contributed by atoms with E-state index >= 15 is 0 Å². The van der Waals surface area contributed by atoms with Crippen LogP contribution in [0.4, 0.5) is 0 Å². The van der Waals surface area contributed by atoms with Crippen LogP contribution >= 0.6 is 0 Å². The van der Waals surface area contributed by atoms with Crippen molar-refractivity contribution in [1.82, 2.24) is 15.5 Å². The van der Waals surface area contributed by atoms with Gasteiger partial charge in [0.05, 0.1) is 16.6 Å². The first-order chi connectivity index (χ1) is 9.43. The molecule has 0 radical (unpaired) electrons. The molecule has 1 amide bonds. The van der Waals surface area contributed by atoms with E-state index in [0.29, 0.717) is 28.1 Å². The van der Waals surface area contributed by atoms with Crippen molar-refractivity contribution >= 4 is 17.0 Å². The topological polar surface area (TPSA) is 88.2 Å². The number of rotatable bonds is 4. The Bertz CT molecular complexity index is 636. The Morgan fingerprint density at radius 3 is 2.80 bits per heavy atom. The Morgan fingerprint density at radius 1 is 1.45 bits per heavy atom. The first kappa shape index (κ1) is 14.5. The van der Waals surface area contributed by atoms with Gasteiger partial charge >= 0.3 is 0 Å². The van der Waals surface area contributed by atoms with Crippen LogP contribution in [0.1, 0.15) is 35.6 Å². The van der Waals surface area contributed by atoms with Crippen molar-refractivity contribution in [3.05, 3.63) is 23.0 Å². The fraction of sp³-hybridized carbons (Fsp3) is 0.500. The molecule has 0 aliphatic rings. The van der Waals surface area contributed by atoms with E-state index in [1.807, 2.05) is 13.8 Å². The summed E-state index contributed by atoms with van der Waals surface area (Å²) in [6.07, 6.45) is 0. The van der Waals surface area contributed by atoms with Crippen molar-refractivity contribution in [3.8, 4) is 0 Å². The van der Waals surface area contributed by atoms with Crippen molar-refractivity contribution in [2.24, 2.45) is 5.92 Å². The number of fused-ring (bicyclic) bond motifs is 1. The van der Waals surface area contributed by atoms with E-state index in [-0.39, 0.29) is 24.5 Å². The average molecular weight is 277 g/mol. The fourth-order valence-electron chi connectivity index (χ4n) is 1.98. The van der Waals surface area contributed by atoms with Gasteiger partial charge in [0.15, 0.2) is 0 Å². The molecule has 0 fully saturated rings. The van der Waals surface area contributed by atoms with Crippen LogP contribution in [0, 0.1) is 19.8 Å². The molecule has 0 saturated heterocycles. The molecule has 0 aromatic carbocycles. The normalized spacial score (nSPS) is 14.2. The molecule has 20 heavy (non-hydrogen) atoms. The summed E-state index contributed by atoms with van der Waals surface area (Å²) in [6.45, 7) is 7.35. The zero-order valence-electron chi connectivity index (χ0n) is 12.1. The fourth-order valence-corrected chi connectivity index (χ4v) is 1.98. The van der Waals surface area contributed by atoms with Crippen molar-refractivity contribution in [2.45, 2.75) is 33.7 Å². The zero-order chi connectivity index (χ0) is 14.9. The molecule has 0 saturated carbocycles. The molecule has 2 unspecified atom stereocenters. The van der Waals surface area contributed by atoms with Gasteiger partial charge in [-0.25, -0.2) is 4.98 Å². The highest BCUT2D eigenvalue weighted by atomic mass is 16.5. The maximum Gasteiger partial charge on any atom is 0.258 e. The maximum absolute atomic E-state index is 12.4. The number of hydrogen-bond acceptors (Lipinski definition) is 5. The van der Waals surface area contributed by atoms with Crippen LogP contribution in [0.15, 0.2) is 10.6 Å². The minimum Gasteiger partial charge on any atom is -0.396 e. The average Bonchev–Trinajstić information content (AvgIpc) is 2.78. The largest absolute Gasteiger partial charge is 0.396 e. The molecule has 2 aromatic heterocycles. The van der Waals surface area contributed by atoms with Gasteiger partial charge in [-0.1, -0.05) is 12.1 Å². The summed E-state index contributed by atoms with van der Waals surface area (Å²) in [7, 11) is 0. The second kappa shape index (κ2) is 5.58. The van der Waals surface area contributed by atoms with Gasteiger partial charge in [0.25, 0.3) is 11.6 Å². The number of hydrogen-bond donors (Lipinski definition) is 2. The van der Waals surface area contributed by atoms with E-state index in [4.69, 9.17) is 9.63 Å². The molecule has 2 atom stereocenters. The Hall–Kier alpha value is -1.95. The molecule has 108 valence electrons. The molecule has 2 rings (SSSR count). The summed E-state index contributed by atoms with van der Waals surface area (Å²) in [5, 5.41) is 16.5. The molecule has 2 heterocycles. The van der Waals surface area contributed by atoms with Crippen molar-refractivity contribution in [3.63, 3.8) is 0 Å². The number of pyridine rings is 1. The minimum absolute atomic E-state index is 0.0130. The first-order valence-electron chi connectivity index (χ1n) is 6.59. The highest BCUT2D eigenvalue weighted by Gasteiger charge is 2.20. The van der Waals surface area contributed by atoms with Gasteiger partial charge in [-0.2, -0.15) is 0 Å². The van der Waals surface area contributed by atoms with Gasteiger partial charge < -0.3 is 14.9 Å². The summed E-state index contributed by atoms with van der Waals surface area (Å²) < 4.78 is 5.11. The number of aromatic nitrogens is 2. The number of nitrogens with zero attached hydrogens (tertiary/aromatic N) is 2. The molecule has 0 aliphatic carbocycles. The molecular weight excluding hydrogens is 258 g/mol. The van der Waals surface area contributed by atoms with Crippen LogP contribution in [0.2, 0.25) is 0 Å². The predicted octanol–water partition coefficient (Wildman–Crippen LogP) is 1.59. The maximum atomic E-state index is 12.4. The third kappa shape index (κ3) is 2.65. The van der Waals surface area contributed by atoms with E-state index in [1.54, 1.807) is 19.9 Å². The molecule has 0 spiro atoms. The molecule has 6 heteroatoms. The molecular formula is C14H19N3O3. The highest BCUT2D eigenvalue weighted by Crippen LogP contribution is 2.22. The van der Waals surface area contributed by atoms with Crippen LogP contribution in [-0.4, -0.2) is 33.8 Å². The lowest BCUT2D eigenvalue weighted by molar-refractivity contribution is 0.0917. The van der Waals surface area contributed by atoms with E-state index in [2.05, 4.69) is 15.5 Å². The second-order valence-corrected chi connectivity index (χ2v) is 5.18. The number of aryl methyl sites for hydroxylation is 2. The van der Waals surface area contributed by atoms with E-state index in [9.17, 15) is 4.79 Å². The lowest BCUT2D eigenvalue weighted by Crippen LogP contribution is -2.38. The number of carbonyl (C=O) groups is 1. The Kier molecular flexibility index (Phi) is 4.04. The number of aliphatic hydroxyl groups excluding tert-OH is 1. The van der Waals surface area contributed by atoms with Crippen LogP contribution in [0.3, 0.4) is 0 Å². The van der Waals surface area contributed by atoms with Crippen LogP contribution in [-0.2, 0) is 0 Å². The number of nitrogens with one attached hydrogen (secondary N) is 1. The highest BCUT2D eigenvalue weighted by molar-refractivity contribution is 6.06. The van der Waals surface area contributed by atoms with E-state index in [1.165, 1.54) is 0 Å². The number of carbonyl (C=O) groups excluding carboxylic acids is 1. The lowest BCUT2D eigenvalue weighted by Gasteiger charge is -2.19. The van der Waals surface area contributed by atoms with E-state index < -0.39 is 0 Å². The monoisotopic (exact) mass is 277 g/mol. The standard InChI is InChI=1S/C14H19N3O3/c1-7(6-18)9(3)16-13(19)11-5-8(2)15-14-12(11)10(4)17-20-14/h5,7,9,18H,6H2,1-4H3,(H,16,19). The van der Waals surface area contributed by atoms with Gasteiger partial charge in [-0.15, -0.1) is 0 Å². The van der Waals surface area contributed by atoms with Crippen LogP contribution in [0.5, 0.6) is 0 Å². The Morgan fingerprint density at radius 2 is 2.15 bits per heavy atom. The summed E-state index contributed by atoms with van der Waals surface area (Å²) in [5.41, 5.74) is 2.21. The molecule has 2 N–H and O–H groups in total. The van der Waals surface area contributed by atoms with Crippen molar-refractivity contribution in [1.29, 1.82) is 0 Å². The SMILES string of the molecule is Cc1cc(C(=O)NC(C)C(C)CO)c2c(C)noc2n1. The molecule has 2 aromatic rings. The van der Waals surface area contributed by atoms with Crippen molar-refractivity contribution in [2.75, 3.05) is 6.61 Å². The number of amides is 1. The summed E-state index contributed by atoms with van der Waals surface area (Å²) >= 11 is 0. The Labute approximate surface area is 117 Å². The minimum atomic E-state index is -0.209. The molecule has 6 nitrogen and oxygen atoms in total. The summed E-state index contributed by atoms with van der Waals surface area (Å²) in [6, 6.07) is 1.59. The summed E-state index contributed by atoms with van der Waals surface area (Å²) in [4.78, 5) is 16.6. The van der Waals surface area contributed by atoms with Gasteiger partial charge in [0, 0.05) is 18.3 Å². The van der Waals surface area contributed by atoms with Gasteiger partial charge in [0.1, 0.15) is 0 Å². The molecule has 0 aliphatic heterocycles. The van der Waals surface area contributed by atoms with E-state index in [0.717, 1.165) is 0 Å². The lowest BCUT2D eigenvalue weighted by atomic mass is 10.0.